The highest BCUT2D eigenvalue weighted by Crippen LogP contribution is 2.32. The fraction of sp³-hybridized carbons (Fsp3) is 0.500. The fourth-order valence-corrected chi connectivity index (χ4v) is 2.33. The molecule has 4 nitrogen and oxygen atoms in total. The highest BCUT2D eigenvalue weighted by molar-refractivity contribution is 5.60. The highest BCUT2D eigenvalue weighted by Gasteiger charge is 2.20. The van der Waals surface area contributed by atoms with Crippen molar-refractivity contribution in [1.82, 2.24) is 5.32 Å². The second kappa shape index (κ2) is 4.31. The third kappa shape index (κ3) is 1.74. The molecule has 2 aliphatic rings. The van der Waals surface area contributed by atoms with E-state index in [-0.39, 0.29) is 0 Å². The molecule has 2 aliphatic heterocycles. The third-order valence-corrected chi connectivity index (χ3v) is 3.15. The average Bonchev–Trinajstić information content (AvgIpc) is 2.39. The monoisotopic (exact) mass is 220 g/mol. The summed E-state index contributed by atoms with van der Waals surface area (Å²) in [6.45, 7) is 4.90. The van der Waals surface area contributed by atoms with Gasteiger partial charge in [0.15, 0.2) is 5.75 Å². The van der Waals surface area contributed by atoms with Crippen molar-refractivity contribution in [2.75, 3.05) is 37.7 Å². The van der Waals surface area contributed by atoms with Crippen LogP contribution in [0.4, 0.5) is 5.69 Å². The lowest BCUT2D eigenvalue weighted by Gasteiger charge is -2.32. The van der Waals surface area contributed by atoms with Gasteiger partial charge >= 0.3 is 0 Å². The number of piperazine rings is 1. The Kier molecular flexibility index (Phi) is 2.68. The van der Waals surface area contributed by atoms with Crippen LogP contribution in [0.1, 0.15) is 5.56 Å². The molecule has 4 heteroatoms. The van der Waals surface area contributed by atoms with E-state index in [1.807, 2.05) is 12.1 Å². The molecule has 0 unspecified atom stereocenters. The van der Waals surface area contributed by atoms with Gasteiger partial charge in [-0.1, -0.05) is 6.07 Å². The molecule has 0 spiro atoms. The van der Waals surface area contributed by atoms with Gasteiger partial charge in [-0.3, -0.25) is 0 Å². The number of fused-ring (bicyclic) bond motifs is 1. The van der Waals surface area contributed by atoms with E-state index in [0.717, 1.165) is 38.3 Å². The Balaban J connectivity index is 1.93. The number of nitrogens with one attached hydrogen (secondary N) is 1. The Labute approximate surface area is 95.1 Å². The Morgan fingerprint density at radius 1 is 1.19 bits per heavy atom. The summed E-state index contributed by atoms with van der Waals surface area (Å²) in [6.07, 6.45) is 0.940. The molecule has 1 N–H and O–H groups in total. The molecule has 16 heavy (non-hydrogen) atoms. The number of rotatable bonds is 1. The van der Waals surface area contributed by atoms with Crippen molar-refractivity contribution < 1.29 is 9.78 Å². The van der Waals surface area contributed by atoms with Gasteiger partial charge in [0.1, 0.15) is 0 Å². The first kappa shape index (κ1) is 9.93. The topological polar surface area (TPSA) is 33.7 Å². The Hall–Kier alpha value is -1.26. The lowest BCUT2D eigenvalue weighted by Crippen LogP contribution is -2.44. The van der Waals surface area contributed by atoms with Crippen molar-refractivity contribution >= 4 is 5.69 Å². The normalized spacial score (nSPS) is 20.1. The molecule has 1 saturated heterocycles. The minimum Gasteiger partial charge on any atom is -0.369 e. The van der Waals surface area contributed by atoms with Crippen molar-refractivity contribution in [1.29, 1.82) is 0 Å². The van der Waals surface area contributed by atoms with Crippen LogP contribution in [-0.2, 0) is 11.3 Å². The molecule has 0 aromatic heterocycles. The van der Waals surface area contributed by atoms with Crippen LogP contribution >= 0.6 is 0 Å². The van der Waals surface area contributed by atoms with E-state index in [0.29, 0.717) is 6.61 Å². The van der Waals surface area contributed by atoms with Gasteiger partial charge in [-0.25, -0.2) is 0 Å². The van der Waals surface area contributed by atoms with Gasteiger partial charge in [0, 0.05) is 43.9 Å². The first-order chi connectivity index (χ1) is 7.95. The summed E-state index contributed by atoms with van der Waals surface area (Å²) >= 11 is 0. The smallest absolute Gasteiger partial charge is 0.170 e. The maximum Gasteiger partial charge on any atom is 0.170 e. The standard InChI is InChI=1S/C12H16N2O2/c1-2-11(14-7-5-13-6-8-14)10-4-9-15-16-12(10)3-1/h1-3,13H,4-9H2. The Morgan fingerprint density at radius 3 is 2.94 bits per heavy atom. The van der Waals surface area contributed by atoms with Crippen molar-refractivity contribution in [3.05, 3.63) is 23.8 Å². The maximum atomic E-state index is 5.21. The minimum atomic E-state index is 0.649. The van der Waals surface area contributed by atoms with E-state index in [9.17, 15) is 0 Å². The molecule has 0 bridgehead atoms. The zero-order valence-corrected chi connectivity index (χ0v) is 9.24. The molecule has 0 aliphatic carbocycles. The molecule has 0 atom stereocenters. The van der Waals surface area contributed by atoms with Crippen LogP contribution in [0.3, 0.4) is 0 Å². The van der Waals surface area contributed by atoms with Crippen LogP contribution < -0.4 is 15.1 Å². The van der Waals surface area contributed by atoms with Crippen LogP contribution in [0.15, 0.2) is 18.2 Å². The van der Waals surface area contributed by atoms with Gasteiger partial charge in [-0.05, 0) is 12.1 Å². The largest absolute Gasteiger partial charge is 0.369 e. The van der Waals surface area contributed by atoms with Crippen molar-refractivity contribution in [2.45, 2.75) is 6.42 Å². The average molecular weight is 220 g/mol. The Morgan fingerprint density at radius 2 is 2.06 bits per heavy atom. The van der Waals surface area contributed by atoms with Gasteiger partial charge in [0.2, 0.25) is 0 Å². The molecule has 0 saturated carbocycles. The molecule has 1 fully saturated rings. The molecular formula is C12H16N2O2. The SMILES string of the molecule is c1cc2c(c(N3CCNCC3)c1)CCOO2. The van der Waals surface area contributed by atoms with E-state index < -0.39 is 0 Å². The first-order valence-electron chi connectivity index (χ1n) is 5.82. The molecule has 0 amide bonds. The van der Waals surface area contributed by atoms with Crippen molar-refractivity contribution in [3.8, 4) is 5.75 Å². The summed E-state index contributed by atoms with van der Waals surface area (Å²) in [5.74, 6) is 0.877. The van der Waals surface area contributed by atoms with E-state index in [1.54, 1.807) is 0 Å². The molecule has 1 aromatic carbocycles. The van der Waals surface area contributed by atoms with E-state index in [1.165, 1.54) is 11.3 Å². The van der Waals surface area contributed by atoms with Gasteiger partial charge in [0.25, 0.3) is 0 Å². The molecule has 0 radical (unpaired) electrons. The first-order valence-corrected chi connectivity index (χ1v) is 5.82. The quantitative estimate of drug-likeness (QED) is 0.715. The number of hydrogen-bond acceptors (Lipinski definition) is 4. The fourth-order valence-electron chi connectivity index (χ4n) is 2.33. The molecule has 3 rings (SSSR count). The van der Waals surface area contributed by atoms with Crippen LogP contribution in [0.2, 0.25) is 0 Å². The summed E-state index contributed by atoms with van der Waals surface area (Å²) in [5, 5.41) is 3.37. The Bertz CT molecular complexity index is 375. The minimum absolute atomic E-state index is 0.649. The summed E-state index contributed by atoms with van der Waals surface area (Å²) in [7, 11) is 0. The zero-order valence-electron chi connectivity index (χ0n) is 9.24. The summed E-state index contributed by atoms with van der Waals surface area (Å²) in [6, 6.07) is 6.18. The number of benzene rings is 1. The zero-order chi connectivity index (χ0) is 10.8. The molecular weight excluding hydrogens is 204 g/mol. The van der Waals surface area contributed by atoms with Gasteiger partial charge in [-0.2, -0.15) is 4.89 Å². The summed E-state index contributed by atoms with van der Waals surface area (Å²) < 4.78 is 0. The van der Waals surface area contributed by atoms with Crippen LogP contribution in [-0.4, -0.2) is 32.8 Å². The van der Waals surface area contributed by atoms with Gasteiger partial charge in [-0.15, -0.1) is 0 Å². The van der Waals surface area contributed by atoms with E-state index in [2.05, 4.69) is 16.3 Å². The predicted octanol–water partition coefficient (Wildman–Crippen LogP) is 0.963. The second-order valence-electron chi connectivity index (χ2n) is 4.15. The second-order valence-corrected chi connectivity index (χ2v) is 4.15. The highest BCUT2D eigenvalue weighted by atomic mass is 17.2. The summed E-state index contributed by atoms with van der Waals surface area (Å²) in [4.78, 5) is 12.6. The number of nitrogens with zero attached hydrogens (tertiary/aromatic N) is 1. The number of anilines is 1. The third-order valence-electron chi connectivity index (χ3n) is 3.15. The van der Waals surface area contributed by atoms with Gasteiger partial charge < -0.3 is 15.1 Å². The summed E-state index contributed by atoms with van der Waals surface area (Å²) in [5.41, 5.74) is 2.60. The maximum absolute atomic E-state index is 5.21. The predicted molar refractivity (Wildman–Crippen MR) is 61.8 cm³/mol. The van der Waals surface area contributed by atoms with Gasteiger partial charge in [0.05, 0.1) is 6.61 Å². The van der Waals surface area contributed by atoms with E-state index in [4.69, 9.17) is 9.78 Å². The van der Waals surface area contributed by atoms with Crippen LogP contribution in [0.5, 0.6) is 5.75 Å². The van der Waals surface area contributed by atoms with Crippen molar-refractivity contribution in [3.63, 3.8) is 0 Å². The van der Waals surface area contributed by atoms with E-state index >= 15 is 0 Å². The number of hydrogen-bond donors (Lipinski definition) is 1. The van der Waals surface area contributed by atoms with Crippen LogP contribution in [0.25, 0.3) is 0 Å². The molecule has 2 heterocycles. The lowest BCUT2D eigenvalue weighted by atomic mass is 10.1. The van der Waals surface area contributed by atoms with Crippen molar-refractivity contribution in [2.24, 2.45) is 0 Å². The molecule has 1 aromatic rings. The lowest BCUT2D eigenvalue weighted by molar-refractivity contribution is -0.215. The molecule has 86 valence electrons. The van der Waals surface area contributed by atoms with Crippen LogP contribution in [0, 0.1) is 0 Å².